The Morgan fingerprint density at radius 1 is 0.720 bits per heavy atom. The number of fused-ring (bicyclic) bond motifs is 3. The second kappa shape index (κ2) is 9.08. The molecule has 3 rings (SSSR count). The maximum atomic E-state index is 4.93. The highest BCUT2D eigenvalue weighted by molar-refractivity contribution is 5.92. The molecule has 1 heterocycles. The first kappa shape index (κ1) is 18.0. The molecule has 0 amide bonds. The molecule has 1 nitrogen and oxygen atoms in total. The van der Waals surface area contributed by atoms with E-state index in [0.29, 0.717) is 0 Å². The fourth-order valence-corrected chi connectivity index (χ4v) is 3.93. The molecule has 0 atom stereocenters. The van der Waals surface area contributed by atoms with Crippen LogP contribution in [0.25, 0.3) is 11.1 Å². The SMILES string of the molecule is CCCCCCCCCCCc1c(C)ccc2c1[N]c1ccccc1-2. The standard InChI is InChI=1S/C24H32N/c1-3-4-5-6-7-8-9-10-11-14-20-19(2)17-18-22-21-15-12-13-16-23(21)25-24(20)22/h12-13,15-18H,3-11,14H2,1-2H3. The third kappa shape index (κ3) is 4.45. The van der Waals surface area contributed by atoms with Crippen molar-refractivity contribution in [2.75, 3.05) is 0 Å². The average Bonchev–Trinajstić information content (AvgIpc) is 3.00. The molecule has 0 saturated heterocycles. The lowest BCUT2D eigenvalue weighted by Crippen LogP contribution is -1.96. The predicted molar refractivity (Wildman–Crippen MR) is 109 cm³/mol. The summed E-state index contributed by atoms with van der Waals surface area (Å²) in [4.78, 5) is 0. The van der Waals surface area contributed by atoms with Crippen LogP contribution in [0.15, 0.2) is 36.4 Å². The van der Waals surface area contributed by atoms with Crippen LogP contribution in [0.1, 0.15) is 75.8 Å². The van der Waals surface area contributed by atoms with E-state index < -0.39 is 0 Å². The Hall–Kier alpha value is -1.76. The van der Waals surface area contributed by atoms with Crippen LogP contribution in [0.5, 0.6) is 0 Å². The molecule has 2 aromatic rings. The zero-order chi connectivity index (χ0) is 17.5. The molecule has 133 valence electrons. The highest BCUT2D eigenvalue weighted by Crippen LogP contribution is 2.45. The Bertz CT molecular complexity index is 686. The lowest BCUT2D eigenvalue weighted by Gasteiger charge is -2.11. The average molecular weight is 335 g/mol. The van der Waals surface area contributed by atoms with Crippen molar-refractivity contribution >= 4 is 11.4 Å². The van der Waals surface area contributed by atoms with Gasteiger partial charge in [-0.25, -0.2) is 5.32 Å². The third-order valence-electron chi connectivity index (χ3n) is 5.47. The van der Waals surface area contributed by atoms with Crippen LogP contribution in [0.4, 0.5) is 11.4 Å². The molecule has 1 aliphatic rings. The minimum Gasteiger partial charge on any atom is -0.247 e. The predicted octanol–water partition coefficient (Wildman–Crippen LogP) is 7.62. The Kier molecular flexibility index (Phi) is 6.55. The topological polar surface area (TPSA) is 14.1 Å². The third-order valence-corrected chi connectivity index (χ3v) is 5.47. The quantitative estimate of drug-likeness (QED) is 0.339. The van der Waals surface area contributed by atoms with Crippen LogP contribution in [0.2, 0.25) is 0 Å². The Morgan fingerprint density at radius 2 is 1.40 bits per heavy atom. The number of aryl methyl sites for hydroxylation is 1. The first-order chi connectivity index (χ1) is 12.3. The largest absolute Gasteiger partial charge is 0.247 e. The maximum absolute atomic E-state index is 4.93. The smallest absolute Gasteiger partial charge is 0.0750 e. The van der Waals surface area contributed by atoms with Gasteiger partial charge >= 0.3 is 0 Å². The molecule has 0 aliphatic carbocycles. The summed E-state index contributed by atoms with van der Waals surface area (Å²) in [6.45, 7) is 4.52. The molecule has 0 spiro atoms. The van der Waals surface area contributed by atoms with Crippen LogP contribution in [0, 0.1) is 6.92 Å². The normalized spacial score (nSPS) is 11.9. The minimum absolute atomic E-state index is 1.14. The van der Waals surface area contributed by atoms with Gasteiger partial charge in [0.2, 0.25) is 0 Å². The fourth-order valence-electron chi connectivity index (χ4n) is 3.93. The molecule has 0 aromatic heterocycles. The molecule has 0 fully saturated rings. The van der Waals surface area contributed by atoms with Gasteiger partial charge in [0.05, 0.1) is 11.4 Å². The summed E-state index contributed by atoms with van der Waals surface area (Å²) >= 11 is 0. The zero-order valence-electron chi connectivity index (χ0n) is 16.0. The molecule has 0 N–H and O–H groups in total. The highest BCUT2D eigenvalue weighted by atomic mass is 14.9. The molecule has 1 radical (unpaired) electrons. The maximum Gasteiger partial charge on any atom is 0.0750 e. The van der Waals surface area contributed by atoms with Gasteiger partial charge in [-0.15, -0.1) is 0 Å². The van der Waals surface area contributed by atoms with Crippen LogP contribution in [-0.2, 0) is 6.42 Å². The van der Waals surface area contributed by atoms with E-state index in [2.05, 4.69) is 50.2 Å². The van der Waals surface area contributed by atoms with Gasteiger partial charge in [0.1, 0.15) is 0 Å². The van der Waals surface area contributed by atoms with Crippen molar-refractivity contribution in [3.8, 4) is 11.1 Å². The van der Waals surface area contributed by atoms with Gasteiger partial charge in [0, 0.05) is 11.1 Å². The van der Waals surface area contributed by atoms with Crippen molar-refractivity contribution in [1.82, 2.24) is 5.32 Å². The Labute approximate surface area is 153 Å². The molecule has 0 unspecified atom stereocenters. The van der Waals surface area contributed by atoms with Crippen LogP contribution in [0.3, 0.4) is 0 Å². The number of hydrogen-bond acceptors (Lipinski definition) is 0. The minimum atomic E-state index is 1.14. The fraction of sp³-hybridized carbons (Fsp3) is 0.500. The van der Waals surface area contributed by atoms with Crippen molar-refractivity contribution in [3.05, 3.63) is 47.5 Å². The summed E-state index contributed by atoms with van der Waals surface area (Å²) in [5.41, 5.74) is 7.86. The van der Waals surface area contributed by atoms with E-state index in [1.807, 2.05) is 0 Å². The molecular formula is C24H32N. The van der Waals surface area contributed by atoms with E-state index in [-0.39, 0.29) is 0 Å². The monoisotopic (exact) mass is 334 g/mol. The molecule has 2 aromatic carbocycles. The molecule has 0 saturated carbocycles. The van der Waals surface area contributed by atoms with Crippen molar-refractivity contribution in [2.45, 2.75) is 78.1 Å². The van der Waals surface area contributed by atoms with E-state index in [1.54, 1.807) is 0 Å². The van der Waals surface area contributed by atoms with E-state index in [4.69, 9.17) is 5.32 Å². The second-order valence-electron chi connectivity index (χ2n) is 7.46. The Balaban J connectivity index is 1.49. The number of hydrogen-bond donors (Lipinski definition) is 0. The number of rotatable bonds is 10. The van der Waals surface area contributed by atoms with E-state index in [0.717, 1.165) is 5.69 Å². The van der Waals surface area contributed by atoms with E-state index >= 15 is 0 Å². The highest BCUT2D eigenvalue weighted by Gasteiger charge is 2.22. The van der Waals surface area contributed by atoms with E-state index in [1.165, 1.54) is 92.1 Å². The number of unbranched alkanes of at least 4 members (excludes halogenated alkanes) is 8. The number of para-hydroxylation sites is 1. The first-order valence-corrected chi connectivity index (χ1v) is 10.2. The lowest BCUT2D eigenvalue weighted by atomic mass is 9.95. The van der Waals surface area contributed by atoms with Gasteiger partial charge in [-0.3, -0.25) is 0 Å². The number of nitrogens with zero attached hydrogens (tertiary/aromatic N) is 1. The van der Waals surface area contributed by atoms with E-state index in [9.17, 15) is 0 Å². The summed E-state index contributed by atoms with van der Waals surface area (Å²) in [6, 6.07) is 13.1. The van der Waals surface area contributed by atoms with Gasteiger partial charge in [0.15, 0.2) is 0 Å². The van der Waals surface area contributed by atoms with Crippen LogP contribution in [-0.4, -0.2) is 0 Å². The van der Waals surface area contributed by atoms with Crippen molar-refractivity contribution in [1.29, 1.82) is 0 Å². The first-order valence-electron chi connectivity index (χ1n) is 10.2. The summed E-state index contributed by atoms with van der Waals surface area (Å²) in [6.07, 6.45) is 13.6. The zero-order valence-corrected chi connectivity index (χ0v) is 16.0. The summed E-state index contributed by atoms with van der Waals surface area (Å²) in [7, 11) is 0. The van der Waals surface area contributed by atoms with Crippen molar-refractivity contribution in [2.24, 2.45) is 0 Å². The summed E-state index contributed by atoms with van der Waals surface area (Å²) in [5, 5.41) is 4.93. The molecule has 0 bridgehead atoms. The Morgan fingerprint density at radius 3 is 2.16 bits per heavy atom. The number of benzene rings is 2. The van der Waals surface area contributed by atoms with Gasteiger partial charge in [-0.05, 0) is 37.0 Å². The molecular weight excluding hydrogens is 302 g/mol. The summed E-state index contributed by atoms with van der Waals surface area (Å²) < 4.78 is 0. The van der Waals surface area contributed by atoms with Gasteiger partial charge in [-0.2, -0.15) is 0 Å². The van der Waals surface area contributed by atoms with Crippen molar-refractivity contribution in [3.63, 3.8) is 0 Å². The summed E-state index contributed by atoms with van der Waals surface area (Å²) in [5.74, 6) is 0. The lowest BCUT2D eigenvalue weighted by molar-refractivity contribution is 0.564. The molecule has 1 aliphatic heterocycles. The van der Waals surface area contributed by atoms with Gasteiger partial charge < -0.3 is 0 Å². The van der Waals surface area contributed by atoms with Crippen molar-refractivity contribution < 1.29 is 0 Å². The molecule has 1 heteroatoms. The van der Waals surface area contributed by atoms with Crippen LogP contribution >= 0.6 is 0 Å². The molecule has 25 heavy (non-hydrogen) atoms. The second-order valence-corrected chi connectivity index (χ2v) is 7.46. The van der Waals surface area contributed by atoms with Gasteiger partial charge in [-0.1, -0.05) is 88.6 Å². The van der Waals surface area contributed by atoms with Crippen LogP contribution < -0.4 is 5.32 Å². The van der Waals surface area contributed by atoms with Gasteiger partial charge in [0.25, 0.3) is 0 Å².